The van der Waals surface area contributed by atoms with Crippen LogP contribution >= 0.6 is 24.0 Å². The average molecular weight is 545 g/mol. The van der Waals surface area contributed by atoms with Crippen LogP contribution in [0.15, 0.2) is 29.3 Å². The lowest BCUT2D eigenvalue weighted by atomic mass is 10.1. The average Bonchev–Trinajstić information content (AvgIpc) is 3.00. The maximum atomic E-state index is 13.3. The van der Waals surface area contributed by atoms with Crippen molar-refractivity contribution in [1.29, 1.82) is 0 Å². The van der Waals surface area contributed by atoms with Crippen LogP contribution in [0, 0.1) is 19.7 Å². The summed E-state index contributed by atoms with van der Waals surface area (Å²) in [7, 11) is 3.48. The van der Waals surface area contributed by atoms with E-state index in [0.29, 0.717) is 19.7 Å². The number of methoxy groups -OCH3 is 1. The molecule has 0 amide bonds. The van der Waals surface area contributed by atoms with Gasteiger partial charge in [0.05, 0.1) is 31.5 Å². The summed E-state index contributed by atoms with van der Waals surface area (Å²) in [6.07, 6.45) is -0.0965. The number of hydrogen-bond donors (Lipinski definition) is 1. The van der Waals surface area contributed by atoms with Crippen LogP contribution in [0.4, 0.5) is 4.39 Å². The number of benzene rings is 1. The van der Waals surface area contributed by atoms with Gasteiger partial charge in [-0.1, -0.05) is 12.1 Å². The second-order valence-corrected chi connectivity index (χ2v) is 7.66. The fourth-order valence-electron chi connectivity index (χ4n) is 3.87. The fraction of sp³-hybridized carbons (Fsp3) is 0.545. The summed E-state index contributed by atoms with van der Waals surface area (Å²) in [5.41, 5.74) is 4.27. The molecule has 1 aliphatic heterocycles. The maximum absolute atomic E-state index is 13.3. The van der Waals surface area contributed by atoms with E-state index in [1.165, 1.54) is 17.7 Å². The second-order valence-electron chi connectivity index (χ2n) is 7.66. The van der Waals surface area contributed by atoms with Crippen LogP contribution < -0.4 is 5.32 Å². The lowest BCUT2D eigenvalue weighted by Crippen LogP contribution is -2.50. The van der Waals surface area contributed by atoms with Crippen LogP contribution in [0.2, 0.25) is 0 Å². The molecule has 1 N–H and O–H groups in total. The molecule has 0 saturated carbocycles. The molecule has 0 spiro atoms. The molecule has 1 aromatic carbocycles. The Morgan fingerprint density at radius 3 is 2.65 bits per heavy atom. The number of morpholine rings is 1. The van der Waals surface area contributed by atoms with Crippen molar-refractivity contribution in [3.05, 3.63) is 52.6 Å². The molecule has 2 aromatic rings. The third-order valence-corrected chi connectivity index (χ3v) is 5.48. The third-order valence-electron chi connectivity index (χ3n) is 5.48. The number of ether oxygens (including phenoxy) is 2. The molecular weight excluding hydrogens is 512 g/mol. The van der Waals surface area contributed by atoms with Gasteiger partial charge in [0, 0.05) is 38.5 Å². The topological polar surface area (TPSA) is 63.9 Å². The Hall–Kier alpha value is -1.72. The Morgan fingerprint density at radius 2 is 2.00 bits per heavy atom. The first-order valence-corrected chi connectivity index (χ1v) is 10.3. The van der Waals surface area contributed by atoms with Gasteiger partial charge in [-0.25, -0.2) is 4.39 Å². The van der Waals surface area contributed by atoms with Crippen molar-refractivity contribution in [3.63, 3.8) is 0 Å². The van der Waals surface area contributed by atoms with Gasteiger partial charge in [-0.05, 0) is 38.5 Å². The fourth-order valence-corrected chi connectivity index (χ4v) is 3.87. The molecule has 9 heteroatoms. The highest BCUT2D eigenvalue weighted by Gasteiger charge is 2.28. The molecule has 0 aliphatic carbocycles. The lowest BCUT2D eigenvalue weighted by molar-refractivity contribution is -0.0605. The van der Waals surface area contributed by atoms with E-state index in [1.54, 1.807) is 26.3 Å². The summed E-state index contributed by atoms with van der Waals surface area (Å²) < 4.78 is 26.6. The van der Waals surface area contributed by atoms with Gasteiger partial charge in [-0.3, -0.25) is 9.67 Å². The highest BCUT2D eigenvalue weighted by molar-refractivity contribution is 14.0. The minimum Gasteiger partial charge on any atom is -0.383 e. The van der Waals surface area contributed by atoms with Crippen LogP contribution in [0.25, 0.3) is 0 Å². The minimum atomic E-state index is -0.242. The van der Waals surface area contributed by atoms with E-state index in [2.05, 4.69) is 27.2 Å². The maximum Gasteiger partial charge on any atom is 0.194 e. The summed E-state index contributed by atoms with van der Waals surface area (Å²) in [6.45, 7) is 9.55. The predicted octanol–water partition coefficient (Wildman–Crippen LogP) is 3.44. The molecule has 2 atom stereocenters. The molecule has 3 rings (SSSR count). The summed E-state index contributed by atoms with van der Waals surface area (Å²) in [5, 5.41) is 8.11. The van der Waals surface area contributed by atoms with Crippen LogP contribution in [-0.4, -0.2) is 60.6 Å². The van der Waals surface area contributed by atoms with Gasteiger partial charge in [-0.2, -0.15) is 5.10 Å². The Morgan fingerprint density at radius 1 is 1.29 bits per heavy atom. The summed E-state index contributed by atoms with van der Waals surface area (Å²) in [6, 6.07) is 6.52. The SMILES string of the molecule is CN=C(NCc1c(C)nn(CCOC)c1C)N1CC(C)OC(c2ccc(F)cc2)C1.I. The molecule has 1 fully saturated rings. The molecule has 7 nitrogen and oxygen atoms in total. The van der Waals surface area contributed by atoms with Gasteiger partial charge >= 0.3 is 0 Å². The standard InChI is InChI=1S/C22H32FN5O2.HI/c1-15-13-27(14-21(30-15)18-6-8-19(23)9-7-18)22(24-4)25-12-20-16(2)26-28(17(20)3)10-11-29-5;/h6-9,15,21H,10-14H2,1-5H3,(H,24,25);1H. The highest BCUT2D eigenvalue weighted by Crippen LogP contribution is 2.25. The number of nitrogens with one attached hydrogen (secondary N) is 1. The van der Waals surface area contributed by atoms with Crippen molar-refractivity contribution in [1.82, 2.24) is 20.0 Å². The zero-order valence-electron chi connectivity index (χ0n) is 18.9. The summed E-state index contributed by atoms with van der Waals surface area (Å²) in [4.78, 5) is 6.68. The molecule has 1 aromatic heterocycles. The van der Waals surface area contributed by atoms with E-state index in [4.69, 9.17) is 9.47 Å². The monoisotopic (exact) mass is 545 g/mol. The molecule has 0 radical (unpaired) electrons. The van der Waals surface area contributed by atoms with Gasteiger partial charge in [0.2, 0.25) is 0 Å². The summed E-state index contributed by atoms with van der Waals surface area (Å²) >= 11 is 0. The number of guanidine groups is 1. The first-order chi connectivity index (χ1) is 14.4. The molecule has 0 bridgehead atoms. The molecule has 2 unspecified atom stereocenters. The predicted molar refractivity (Wildman–Crippen MR) is 130 cm³/mol. The zero-order chi connectivity index (χ0) is 21.7. The van der Waals surface area contributed by atoms with Crippen molar-refractivity contribution < 1.29 is 13.9 Å². The number of hydrogen-bond acceptors (Lipinski definition) is 4. The van der Waals surface area contributed by atoms with Crippen molar-refractivity contribution in [3.8, 4) is 0 Å². The number of aryl methyl sites for hydroxylation is 1. The molecule has 2 heterocycles. The largest absolute Gasteiger partial charge is 0.383 e. The van der Waals surface area contributed by atoms with Crippen molar-refractivity contribution >= 4 is 29.9 Å². The van der Waals surface area contributed by atoms with Crippen LogP contribution in [-0.2, 0) is 22.6 Å². The van der Waals surface area contributed by atoms with Crippen molar-refractivity contribution in [2.75, 3.05) is 33.9 Å². The Balaban J connectivity index is 0.00000341. The van der Waals surface area contributed by atoms with E-state index < -0.39 is 0 Å². The van der Waals surface area contributed by atoms with Gasteiger partial charge in [-0.15, -0.1) is 24.0 Å². The van der Waals surface area contributed by atoms with Crippen LogP contribution in [0.1, 0.15) is 35.5 Å². The third kappa shape index (κ3) is 6.39. The van der Waals surface area contributed by atoms with Crippen molar-refractivity contribution in [2.45, 2.75) is 46.1 Å². The van der Waals surface area contributed by atoms with Crippen molar-refractivity contribution in [2.24, 2.45) is 4.99 Å². The smallest absolute Gasteiger partial charge is 0.194 e. The van der Waals surface area contributed by atoms with Gasteiger partial charge < -0.3 is 19.7 Å². The van der Waals surface area contributed by atoms with Crippen LogP contribution in [0.5, 0.6) is 0 Å². The first kappa shape index (κ1) is 25.5. The van der Waals surface area contributed by atoms with Gasteiger partial charge in [0.1, 0.15) is 11.9 Å². The molecule has 172 valence electrons. The second kappa shape index (κ2) is 11.8. The Bertz CT molecular complexity index is 872. The summed E-state index contributed by atoms with van der Waals surface area (Å²) in [5.74, 6) is 0.578. The van der Waals surface area contributed by atoms with E-state index in [1.807, 2.05) is 18.5 Å². The number of aromatic nitrogens is 2. The normalized spacial score (nSPS) is 19.3. The number of aliphatic imine (C=N–C) groups is 1. The quantitative estimate of drug-likeness (QED) is 0.343. The molecule has 31 heavy (non-hydrogen) atoms. The Kier molecular flexibility index (Phi) is 9.70. The highest BCUT2D eigenvalue weighted by atomic mass is 127. The van der Waals surface area contributed by atoms with E-state index in [9.17, 15) is 4.39 Å². The lowest BCUT2D eigenvalue weighted by Gasteiger charge is -2.38. The number of nitrogens with zero attached hydrogens (tertiary/aromatic N) is 4. The minimum absolute atomic E-state index is 0. The Labute approximate surface area is 201 Å². The molecule has 1 aliphatic rings. The number of halogens is 2. The van der Waals surface area contributed by atoms with Gasteiger partial charge in [0.25, 0.3) is 0 Å². The van der Waals surface area contributed by atoms with Gasteiger partial charge in [0.15, 0.2) is 5.96 Å². The van der Waals surface area contributed by atoms with E-state index in [-0.39, 0.29) is 42.0 Å². The molecule has 1 saturated heterocycles. The van der Waals surface area contributed by atoms with E-state index in [0.717, 1.165) is 36.0 Å². The van der Waals surface area contributed by atoms with E-state index >= 15 is 0 Å². The number of rotatable bonds is 6. The first-order valence-electron chi connectivity index (χ1n) is 10.3. The van der Waals surface area contributed by atoms with Crippen LogP contribution in [0.3, 0.4) is 0 Å². The zero-order valence-corrected chi connectivity index (χ0v) is 21.2. The molecular formula is C22H33FIN5O2.